The predicted molar refractivity (Wildman–Crippen MR) is 236 cm³/mol. The predicted octanol–water partition coefficient (Wildman–Crippen LogP) is 5.83. The summed E-state index contributed by atoms with van der Waals surface area (Å²) in [7, 11) is 0. The zero-order valence-corrected chi connectivity index (χ0v) is 35.6. The van der Waals surface area contributed by atoms with Gasteiger partial charge in [-0.2, -0.15) is 0 Å². The molecule has 14 nitrogen and oxygen atoms in total. The zero-order chi connectivity index (χ0) is 42.7. The van der Waals surface area contributed by atoms with Gasteiger partial charge < -0.3 is 60.8 Å². The molecule has 0 amide bonds. The van der Waals surface area contributed by atoms with Crippen LogP contribution in [-0.4, -0.2) is 91.2 Å². The van der Waals surface area contributed by atoms with E-state index >= 15 is 0 Å². The van der Waals surface area contributed by atoms with Gasteiger partial charge in [-0.25, -0.2) is 9.98 Å². The lowest BCUT2D eigenvalue weighted by atomic mass is 9.90. The van der Waals surface area contributed by atoms with Crippen LogP contribution in [0.15, 0.2) is 70.6 Å². The number of ether oxygens (including phenoxy) is 8. The highest BCUT2D eigenvalue weighted by Crippen LogP contribution is 2.41. The first-order valence-electron chi connectivity index (χ1n) is 20.8. The number of fused-ring (bicyclic) bond motifs is 8. The van der Waals surface area contributed by atoms with Gasteiger partial charge in [0.05, 0.1) is 37.8 Å². The molecule has 0 aromatic heterocycles. The molecule has 0 atom stereocenters. The lowest BCUT2D eigenvalue weighted by Crippen LogP contribution is -2.22. The minimum Gasteiger partial charge on any atom is -0.491 e. The highest BCUT2D eigenvalue weighted by molar-refractivity contribution is 5.80. The highest BCUT2D eigenvalue weighted by atomic mass is 16.5. The van der Waals surface area contributed by atoms with Gasteiger partial charge >= 0.3 is 0 Å². The average Bonchev–Trinajstić information content (AvgIpc) is 3.20. The van der Waals surface area contributed by atoms with E-state index in [0.717, 1.165) is 56.0 Å². The zero-order valence-electron chi connectivity index (χ0n) is 35.6. The fraction of sp³-hybridized carbons (Fsp3) is 0.435. The second kappa shape index (κ2) is 23.9. The van der Waals surface area contributed by atoms with Crippen molar-refractivity contribution < 1.29 is 37.9 Å². The van der Waals surface area contributed by atoms with Gasteiger partial charge in [-0.1, -0.05) is 36.4 Å². The number of rotatable bonds is 22. The molecule has 0 aliphatic heterocycles. The summed E-state index contributed by atoms with van der Waals surface area (Å²) in [4.78, 5) is 9.05. The van der Waals surface area contributed by atoms with E-state index in [4.69, 9.17) is 60.8 Å². The normalized spacial score (nSPS) is 12.1. The number of guanidine groups is 2. The minimum atomic E-state index is -0.0523. The Hall–Kier alpha value is -5.54. The molecule has 324 valence electrons. The molecule has 1 aliphatic rings. The maximum Gasteiger partial charge on any atom is 0.191 e. The lowest BCUT2D eigenvalue weighted by molar-refractivity contribution is 0.108. The van der Waals surface area contributed by atoms with Gasteiger partial charge in [0.2, 0.25) is 0 Å². The molecule has 0 spiro atoms. The van der Waals surface area contributed by atoms with Gasteiger partial charge in [0.25, 0.3) is 0 Å². The highest BCUT2D eigenvalue weighted by Gasteiger charge is 2.23. The van der Waals surface area contributed by atoms with Crippen LogP contribution >= 0.6 is 0 Å². The summed E-state index contributed by atoms with van der Waals surface area (Å²) in [5.41, 5.74) is 32.3. The van der Waals surface area contributed by atoms with Gasteiger partial charge in [-0.15, -0.1) is 0 Å². The maximum atomic E-state index is 6.66. The Morgan fingerprint density at radius 2 is 0.650 bits per heavy atom. The van der Waals surface area contributed by atoms with Crippen molar-refractivity contribution in [2.75, 3.05) is 79.3 Å². The molecule has 0 fully saturated rings. The SMILES string of the molecule is CCOCCOc1c2cccc1Cc1cc(N=C(N)N)cc(c1OCCOCC)Cc1cccc(c1OCCOCC)Cc1cc(N=C(N)N)cc(c1OCCOCC)C2. The summed E-state index contributed by atoms with van der Waals surface area (Å²) in [6.07, 6.45) is 1.71. The Kier molecular flexibility index (Phi) is 18.1. The van der Waals surface area contributed by atoms with Crippen molar-refractivity contribution in [1.82, 2.24) is 0 Å². The number of benzene rings is 4. The van der Waals surface area contributed by atoms with Crippen molar-refractivity contribution in [2.45, 2.75) is 53.4 Å². The topological polar surface area (TPSA) is 203 Å². The van der Waals surface area contributed by atoms with Crippen LogP contribution in [0.5, 0.6) is 23.0 Å². The van der Waals surface area contributed by atoms with Gasteiger partial charge in [0.15, 0.2) is 11.9 Å². The van der Waals surface area contributed by atoms with Gasteiger partial charge in [0.1, 0.15) is 49.4 Å². The van der Waals surface area contributed by atoms with E-state index in [1.165, 1.54) is 0 Å². The Balaban J connectivity index is 1.82. The molecule has 0 saturated carbocycles. The Labute approximate surface area is 354 Å². The van der Waals surface area contributed by atoms with E-state index in [0.29, 0.717) is 128 Å². The number of hydrogen-bond acceptors (Lipinski definition) is 10. The molecular formula is C46H62N6O8. The van der Waals surface area contributed by atoms with Crippen molar-refractivity contribution in [1.29, 1.82) is 0 Å². The van der Waals surface area contributed by atoms with E-state index < -0.39 is 0 Å². The molecule has 8 bridgehead atoms. The third kappa shape index (κ3) is 13.2. The van der Waals surface area contributed by atoms with Crippen molar-refractivity contribution in [3.63, 3.8) is 0 Å². The molecule has 4 aromatic carbocycles. The molecule has 0 radical (unpaired) electrons. The monoisotopic (exact) mass is 826 g/mol. The molecule has 0 saturated heterocycles. The second-order valence-electron chi connectivity index (χ2n) is 14.0. The number of nitrogens with zero attached hydrogens (tertiary/aromatic N) is 2. The Morgan fingerprint density at radius 3 is 0.883 bits per heavy atom. The minimum absolute atomic E-state index is 0.0523. The Morgan fingerprint density at radius 1 is 0.400 bits per heavy atom. The van der Waals surface area contributed by atoms with E-state index in [9.17, 15) is 0 Å². The molecular weight excluding hydrogens is 765 g/mol. The van der Waals surface area contributed by atoms with E-state index in [2.05, 4.69) is 34.3 Å². The summed E-state index contributed by atoms with van der Waals surface area (Å²) in [5.74, 6) is 2.77. The average molecular weight is 827 g/mol. The van der Waals surface area contributed by atoms with Gasteiger partial charge in [0, 0.05) is 74.4 Å². The van der Waals surface area contributed by atoms with Crippen LogP contribution in [0.2, 0.25) is 0 Å². The quantitative estimate of drug-likeness (QED) is 0.0370. The van der Waals surface area contributed by atoms with Crippen LogP contribution in [0.1, 0.15) is 72.2 Å². The lowest BCUT2D eigenvalue weighted by Gasteiger charge is -2.23. The van der Waals surface area contributed by atoms with Crippen LogP contribution in [0.3, 0.4) is 0 Å². The molecule has 0 unspecified atom stereocenters. The van der Waals surface area contributed by atoms with Crippen molar-refractivity contribution in [3.05, 3.63) is 105 Å². The molecule has 1 aliphatic carbocycles. The molecule has 8 N–H and O–H groups in total. The summed E-state index contributed by atoms with van der Waals surface area (Å²) >= 11 is 0. The van der Waals surface area contributed by atoms with Crippen molar-refractivity contribution in [3.8, 4) is 23.0 Å². The summed E-state index contributed by atoms with van der Waals surface area (Å²) in [6.45, 7) is 13.2. The number of hydrogen-bond donors (Lipinski definition) is 4. The molecule has 4 aromatic rings. The molecule has 14 heteroatoms. The summed E-state index contributed by atoms with van der Waals surface area (Å²) < 4.78 is 49.4. The fourth-order valence-electron chi connectivity index (χ4n) is 7.21. The van der Waals surface area contributed by atoms with Crippen molar-refractivity contribution in [2.24, 2.45) is 32.9 Å². The van der Waals surface area contributed by atoms with Crippen LogP contribution in [0.25, 0.3) is 0 Å². The van der Waals surface area contributed by atoms with E-state index in [-0.39, 0.29) is 11.9 Å². The first-order chi connectivity index (χ1) is 29.2. The number of nitrogens with two attached hydrogens (primary N) is 4. The summed E-state index contributed by atoms with van der Waals surface area (Å²) in [5, 5.41) is 0. The maximum absolute atomic E-state index is 6.66. The van der Waals surface area contributed by atoms with E-state index in [1.54, 1.807) is 0 Å². The summed E-state index contributed by atoms with van der Waals surface area (Å²) in [6, 6.07) is 20.2. The molecule has 0 heterocycles. The standard InChI is InChI=1S/C46H62N6O8/c1-5-53-15-19-57-41-31-11-9-12-32(41)24-36-28-40(52-46(49)50)30-38(44(36)60-22-18-56-8-4)26-34-14-10-13-33(42(34)58-20-16-54-6-2)25-37-29-39(51-45(47)48)27-35(23-31)43(37)59-21-17-55-7-3/h9-14,27-30H,5-8,15-26H2,1-4H3,(H4,47,48,51)(H4,49,50,52). The third-order valence-corrected chi connectivity index (χ3v) is 9.56. The van der Waals surface area contributed by atoms with Crippen LogP contribution in [0.4, 0.5) is 11.4 Å². The third-order valence-electron chi connectivity index (χ3n) is 9.56. The largest absolute Gasteiger partial charge is 0.491 e. The van der Waals surface area contributed by atoms with Crippen LogP contribution < -0.4 is 41.9 Å². The smallest absolute Gasteiger partial charge is 0.191 e. The van der Waals surface area contributed by atoms with Crippen LogP contribution in [-0.2, 0) is 44.6 Å². The van der Waals surface area contributed by atoms with Crippen molar-refractivity contribution >= 4 is 23.3 Å². The number of para-hydroxylation sites is 2. The van der Waals surface area contributed by atoms with Crippen LogP contribution in [0, 0.1) is 0 Å². The first-order valence-corrected chi connectivity index (χ1v) is 20.8. The Bertz CT molecular complexity index is 1810. The molecule has 5 rings (SSSR count). The fourth-order valence-corrected chi connectivity index (χ4v) is 7.21. The van der Waals surface area contributed by atoms with E-state index in [1.807, 2.05) is 64.1 Å². The first kappa shape index (κ1) is 45.5. The molecule has 60 heavy (non-hydrogen) atoms. The van der Waals surface area contributed by atoms with Gasteiger partial charge in [-0.05, 0) is 74.2 Å². The second-order valence-corrected chi connectivity index (χ2v) is 14.0. The number of aliphatic imine (C=N–C) groups is 2. The van der Waals surface area contributed by atoms with Gasteiger partial charge in [-0.3, -0.25) is 0 Å².